The molecule has 0 spiro atoms. The minimum absolute atomic E-state index is 0.854. The summed E-state index contributed by atoms with van der Waals surface area (Å²) in [6.45, 7) is 6.14. The lowest BCUT2D eigenvalue weighted by Crippen LogP contribution is -2.01. The lowest BCUT2D eigenvalue weighted by molar-refractivity contribution is 0.805. The highest BCUT2D eigenvalue weighted by atomic mass is 79.9. The van der Waals surface area contributed by atoms with Gasteiger partial charge in [-0.3, -0.25) is 0 Å². The predicted octanol–water partition coefficient (Wildman–Crippen LogP) is 2.96. The monoisotopic (exact) mass is 265 g/mol. The summed E-state index contributed by atoms with van der Waals surface area (Å²) in [7, 11) is 0. The molecule has 0 aliphatic carbocycles. The van der Waals surface area contributed by atoms with Gasteiger partial charge in [-0.15, -0.1) is 0 Å². The molecule has 78 valence electrons. The molecule has 0 atom stereocenters. The van der Waals surface area contributed by atoms with Crippen LogP contribution in [0.2, 0.25) is 0 Å². The molecule has 15 heavy (non-hydrogen) atoms. The lowest BCUT2D eigenvalue weighted by Gasteiger charge is -2.02. The van der Waals surface area contributed by atoms with Crippen LogP contribution in [-0.4, -0.2) is 14.8 Å². The highest BCUT2D eigenvalue weighted by molar-refractivity contribution is 9.10. The Labute approximate surface area is 97.3 Å². The number of nitrogens with zero attached hydrogens (tertiary/aromatic N) is 3. The van der Waals surface area contributed by atoms with Crippen LogP contribution in [0.15, 0.2) is 22.8 Å². The molecular formula is C11H12BrN3. The number of aromatic nitrogens is 3. The number of aryl methyl sites for hydroxylation is 1. The molecular weight excluding hydrogens is 254 g/mol. The van der Waals surface area contributed by atoms with E-state index in [-0.39, 0.29) is 0 Å². The summed E-state index contributed by atoms with van der Waals surface area (Å²) < 4.78 is 2.85. The Morgan fingerprint density at radius 3 is 2.40 bits per heavy atom. The van der Waals surface area contributed by atoms with Crippen LogP contribution in [-0.2, 0) is 0 Å². The van der Waals surface area contributed by atoms with Crippen LogP contribution in [0.1, 0.15) is 17.0 Å². The molecule has 0 saturated carbocycles. The Morgan fingerprint density at radius 2 is 1.93 bits per heavy atom. The number of hydrogen-bond acceptors (Lipinski definition) is 2. The second-order valence-electron chi connectivity index (χ2n) is 3.54. The average Bonchev–Trinajstić information content (AvgIpc) is 2.47. The average molecular weight is 266 g/mol. The molecule has 0 fully saturated rings. The third-order valence-corrected chi connectivity index (χ3v) is 3.05. The zero-order valence-corrected chi connectivity index (χ0v) is 10.5. The van der Waals surface area contributed by atoms with Gasteiger partial charge >= 0.3 is 0 Å². The first-order valence-electron chi connectivity index (χ1n) is 4.74. The normalized spacial score (nSPS) is 10.7. The number of pyridine rings is 1. The standard InChI is InChI=1S/C11H12BrN3/c1-7-8(2)14-15(9(7)3)11-5-4-10(12)6-13-11/h4-6H,1-3H3. The summed E-state index contributed by atoms with van der Waals surface area (Å²) in [6.07, 6.45) is 1.78. The fourth-order valence-corrected chi connectivity index (χ4v) is 1.67. The van der Waals surface area contributed by atoms with Gasteiger partial charge < -0.3 is 0 Å². The quantitative estimate of drug-likeness (QED) is 0.794. The van der Waals surface area contributed by atoms with Crippen LogP contribution in [0, 0.1) is 20.8 Å². The van der Waals surface area contributed by atoms with Gasteiger partial charge in [0.15, 0.2) is 5.82 Å². The zero-order chi connectivity index (χ0) is 11.0. The van der Waals surface area contributed by atoms with E-state index in [0.29, 0.717) is 0 Å². The van der Waals surface area contributed by atoms with E-state index < -0.39 is 0 Å². The van der Waals surface area contributed by atoms with E-state index in [0.717, 1.165) is 21.7 Å². The van der Waals surface area contributed by atoms with Gasteiger partial charge in [0.25, 0.3) is 0 Å². The first-order valence-corrected chi connectivity index (χ1v) is 5.53. The minimum Gasteiger partial charge on any atom is -0.236 e. The van der Waals surface area contributed by atoms with Crippen molar-refractivity contribution in [3.05, 3.63) is 39.8 Å². The fraction of sp³-hybridized carbons (Fsp3) is 0.273. The molecule has 2 heterocycles. The first kappa shape index (κ1) is 10.4. The molecule has 0 N–H and O–H groups in total. The van der Waals surface area contributed by atoms with Gasteiger partial charge in [-0.25, -0.2) is 9.67 Å². The summed E-state index contributed by atoms with van der Waals surface area (Å²) in [6, 6.07) is 3.91. The van der Waals surface area contributed by atoms with E-state index in [1.807, 2.05) is 23.7 Å². The topological polar surface area (TPSA) is 30.7 Å². The molecule has 0 bridgehead atoms. The van der Waals surface area contributed by atoms with Crippen molar-refractivity contribution in [3.8, 4) is 5.82 Å². The van der Waals surface area contributed by atoms with Crippen molar-refractivity contribution < 1.29 is 0 Å². The van der Waals surface area contributed by atoms with Crippen molar-refractivity contribution in [3.63, 3.8) is 0 Å². The van der Waals surface area contributed by atoms with Crippen LogP contribution in [0.25, 0.3) is 5.82 Å². The largest absolute Gasteiger partial charge is 0.236 e. The van der Waals surface area contributed by atoms with E-state index in [9.17, 15) is 0 Å². The molecule has 2 rings (SSSR count). The molecule has 0 amide bonds. The maximum absolute atomic E-state index is 4.45. The Hall–Kier alpha value is -1.16. The van der Waals surface area contributed by atoms with Crippen LogP contribution in [0.5, 0.6) is 0 Å². The SMILES string of the molecule is Cc1nn(-c2ccc(Br)cn2)c(C)c1C. The van der Waals surface area contributed by atoms with Crippen molar-refractivity contribution >= 4 is 15.9 Å². The van der Waals surface area contributed by atoms with Crippen LogP contribution >= 0.6 is 15.9 Å². The van der Waals surface area contributed by atoms with Crippen molar-refractivity contribution in [2.24, 2.45) is 0 Å². The lowest BCUT2D eigenvalue weighted by atomic mass is 10.2. The summed E-state index contributed by atoms with van der Waals surface area (Å²) in [5.41, 5.74) is 3.42. The Kier molecular flexibility index (Phi) is 2.61. The fourth-order valence-electron chi connectivity index (χ4n) is 1.44. The van der Waals surface area contributed by atoms with E-state index in [4.69, 9.17) is 0 Å². The molecule has 0 aliphatic heterocycles. The van der Waals surface area contributed by atoms with Crippen molar-refractivity contribution in [2.75, 3.05) is 0 Å². The first-order chi connectivity index (χ1) is 7.09. The molecule has 2 aromatic heterocycles. The molecule has 4 heteroatoms. The van der Waals surface area contributed by atoms with Crippen LogP contribution < -0.4 is 0 Å². The molecule has 0 aromatic carbocycles. The molecule has 3 nitrogen and oxygen atoms in total. The van der Waals surface area contributed by atoms with Gasteiger partial charge in [0, 0.05) is 16.4 Å². The zero-order valence-electron chi connectivity index (χ0n) is 8.95. The third kappa shape index (κ3) is 1.81. The van der Waals surface area contributed by atoms with Gasteiger partial charge in [0.2, 0.25) is 0 Å². The van der Waals surface area contributed by atoms with Crippen LogP contribution in [0.3, 0.4) is 0 Å². The van der Waals surface area contributed by atoms with Gasteiger partial charge in [-0.05, 0) is 54.4 Å². The predicted molar refractivity (Wildman–Crippen MR) is 63.3 cm³/mol. The summed E-state index contributed by atoms with van der Waals surface area (Å²) in [5.74, 6) is 0.854. The molecule has 0 saturated heterocycles. The Bertz CT molecular complexity index is 485. The molecule has 2 aromatic rings. The van der Waals surface area contributed by atoms with Crippen molar-refractivity contribution in [1.82, 2.24) is 14.8 Å². The second kappa shape index (κ2) is 3.77. The Balaban J connectivity index is 2.54. The maximum atomic E-state index is 4.45. The highest BCUT2D eigenvalue weighted by Gasteiger charge is 2.09. The van der Waals surface area contributed by atoms with E-state index in [1.54, 1.807) is 6.20 Å². The smallest absolute Gasteiger partial charge is 0.153 e. The van der Waals surface area contributed by atoms with Crippen molar-refractivity contribution in [2.45, 2.75) is 20.8 Å². The molecule has 0 aliphatic rings. The van der Waals surface area contributed by atoms with Gasteiger partial charge in [-0.1, -0.05) is 0 Å². The highest BCUT2D eigenvalue weighted by Crippen LogP contribution is 2.16. The van der Waals surface area contributed by atoms with Gasteiger partial charge in [-0.2, -0.15) is 5.10 Å². The minimum atomic E-state index is 0.854. The summed E-state index contributed by atoms with van der Waals surface area (Å²) in [5, 5.41) is 4.45. The molecule has 0 unspecified atom stereocenters. The van der Waals surface area contributed by atoms with Crippen LogP contribution in [0.4, 0.5) is 0 Å². The Morgan fingerprint density at radius 1 is 1.20 bits per heavy atom. The second-order valence-corrected chi connectivity index (χ2v) is 4.46. The van der Waals surface area contributed by atoms with Crippen molar-refractivity contribution in [1.29, 1.82) is 0 Å². The van der Waals surface area contributed by atoms with Gasteiger partial charge in [0.05, 0.1) is 5.69 Å². The van der Waals surface area contributed by atoms with E-state index >= 15 is 0 Å². The maximum Gasteiger partial charge on any atom is 0.153 e. The van der Waals surface area contributed by atoms with Gasteiger partial charge in [0.1, 0.15) is 0 Å². The van der Waals surface area contributed by atoms with E-state index in [2.05, 4.69) is 39.9 Å². The third-order valence-electron chi connectivity index (χ3n) is 2.58. The number of halogens is 1. The number of rotatable bonds is 1. The molecule has 0 radical (unpaired) electrons. The summed E-state index contributed by atoms with van der Waals surface area (Å²) >= 11 is 3.36. The van der Waals surface area contributed by atoms with E-state index in [1.165, 1.54) is 5.56 Å². The summed E-state index contributed by atoms with van der Waals surface area (Å²) in [4.78, 5) is 4.32. The number of hydrogen-bond donors (Lipinski definition) is 0.